The molecule has 46 valence electrons. The van der Waals surface area contributed by atoms with Gasteiger partial charge in [-0.15, -0.1) is 0 Å². The zero-order valence-corrected chi connectivity index (χ0v) is 5.41. The van der Waals surface area contributed by atoms with Gasteiger partial charge in [0, 0.05) is 11.7 Å². The summed E-state index contributed by atoms with van der Waals surface area (Å²) in [7, 11) is 0. The highest BCUT2D eigenvalue weighted by atomic mass is 14.9. The van der Waals surface area contributed by atoms with Gasteiger partial charge in [-0.25, -0.2) is 0 Å². The van der Waals surface area contributed by atoms with Crippen LogP contribution < -0.4 is 5.32 Å². The monoisotopic (exact) mass is 111 g/mol. The van der Waals surface area contributed by atoms with Gasteiger partial charge in [0.1, 0.15) is 0 Å². The van der Waals surface area contributed by atoms with Gasteiger partial charge in [-0.05, 0) is 26.2 Å². The van der Waals surface area contributed by atoms with Crippen LogP contribution >= 0.6 is 0 Å². The molecule has 0 spiro atoms. The fourth-order valence-electron chi connectivity index (χ4n) is 1.11. The average Bonchev–Trinajstić information content (AvgIpc) is 1.64. The molecule has 1 aliphatic heterocycles. The molecule has 0 radical (unpaired) electrons. The molecule has 0 amide bonds. The lowest BCUT2D eigenvalue weighted by Crippen LogP contribution is -2.28. The summed E-state index contributed by atoms with van der Waals surface area (Å²) in [6.07, 6.45) is 3.79. The average molecular weight is 111 g/mol. The normalized spacial score (nSPS) is 29.6. The summed E-state index contributed by atoms with van der Waals surface area (Å²) in [6.45, 7) is 6.05. The minimum Gasteiger partial charge on any atom is -0.386 e. The van der Waals surface area contributed by atoms with Crippen LogP contribution in [0.1, 0.15) is 26.2 Å². The Morgan fingerprint density at radius 3 is 2.88 bits per heavy atom. The second-order valence-corrected chi connectivity index (χ2v) is 2.54. The molecule has 1 N–H and O–H groups in total. The van der Waals surface area contributed by atoms with Gasteiger partial charge in [-0.3, -0.25) is 0 Å². The summed E-state index contributed by atoms with van der Waals surface area (Å²) in [5.41, 5.74) is 1.21. The van der Waals surface area contributed by atoms with E-state index in [0.717, 1.165) is 0 Å². The number of hydrogen-bond acceptors (Lipinski definition) is 1. The van der Waals surface area contributed by atoms with Crippen LogP contribution in [0.25, 0.3) is 0 Å². The van der Waals surface area contributed by atoms with E-state index in [9.17, 15) is 0 Å². The molecule has 1 unspecified atom stereocenters. The zero-order chi connectivity index (χ0) is 5.98. The highest BCUT2D eigenvalue weighted by Gasteiger charge is 2.07. The summed E-state index contributed by atoms with van der Waals surface area (Å²) in [5.74, 6) is 0. The molecule has 1 aliphatic rings. The van der Waals surface area contributed by atoms with Crippen LogP contribution in [0.2, 0.25) is 0 Å². The SMILES string of the molecule is C=C1CCCC(C)N1. The van der Waals surface area contributed by atoms with Crippen LogP contribution in [0.3, 0.4) is 0 Å². The number of piperidine rings is 1. The third-order valence-electron chi connectivity index (χ3n) is 1.57. The highest BCUT2D eigenvalue weighted by molar-refractivity contribution is 4.96. The van der Waals surface area contributed by atoms with E-state index < -0.39 is 0 Å². The van der Waals surface area contributed by atoms with Crippen molar-refractivity contribution >= 4 is 0 Å². The topological polar surface area (TPSA) is 12.0 Å². The Hall–Kier alpha value is -0.460. The molecule has 0 bridgehead atoms. The molecule has 1 atom stereocenters. The molecule has 8 heavy (non-hydrogen) atoms. The Balaban J connectivity index is 2.34. The molecular formula is C7H13N. The maximum absolute atomic E-state index is 3.85. The minimum absolute atomic E-state index is 0.663. The number of hydrogen-bond donors (Lipinski definition) is 1. The van der Waals surface area contributed by atoms with Gasteiger partial charge in [0.05, 0.1) is 0 Å². The first-order valence-electron chi connectivity index (χ1n) is 3.23. The van der Waals surface area contributed by atoms with Crippen LogP contribution in [0.5, 0.6) is 0 Å². The Morgan fingerprint density at radius 2 is 2.50 bits per heavy atom. The molecule has 0 aromatic heterocycles. The summed E-state index contributed by atoms with van der Waals surface area (Å²) >= 11 is 0. The Morgan fingerprint density at radius 1 is 1.75 bits per heavy atom. The first kappa shape index (κ1) is 5.67. The van der Waals surface area contributed by atoms with Crippen molar-refractivity contribution in [2.75, 3.05) is 0 Å². The molecule has 1 rings (SSSR count). The van der Waals surface area contributed by atoms with Gasteiger partial charge in [-0.2, -0.15) is 0 Å². The van der Waals surface area contributed by atoms with Crippen LogP contribution in [0.4, 0.5) is 0 Å². The summed E-state index contributed by atoms with van der Waals surface area (Å²) < 4.78 is 0. The number of allylic oxidation sites excluding steroid dienone is 1. The fraction of sp³-hybridized carbons (Fsp3) is 0.714. The third-order valence-corrected chi connectivity index (χ3v) is 1.57. The lowest BCUT2D eigenvalue weighted by Gasteiger charge is -2.22. The van der Waals surface area contributed by atoms with E-state index in [1.165, 1.54) is 25.0 Å². The maximum atomic E-state index is 3.85. The van der Waals surface area contributed by atoms with Crippen LogP contribution in [-0.2, 0) is 0 Å². The molecule has 1 heteroatoms. The number of rotatable bonds is 0. The van der Waals surface area contributed by atoms with E-state index in [1.807, 2.05) is 0 Å². The molecule has 0 saturated carbocycles. The van der Waals surface area contributed by atoms with Crippen molar-refractivity contribution in [3.8, 4) is 0 Å². The molecule has 1 heterocycles. The van der Waals surface area contributed by atoms with E-state index in [-0.39, 0.29) is 0 Å². The zero-order valence-electron chi connectivity index (χ0n) is 5.41. The van der Waals surface area contributed by atoms with Crippen molar-refractivity contribution in [1.29, 1.82) is 0 Å². The van der Waals surface area contributed by atoms with Gasteiger partial charge in [0.2, 0.25) is 0 Å². The quantitative estimate of drug-likeness (QED) is 0.501. The van der Waals surface area contributed by atoms with E-state index in [2.05, 4.69) is 18.8 Å². The lowest BCUT2D eigenvalue weighted by molar-refractivity contribution is 0.480. The molecule has 0 aromatic rings. The summed E-state index contributed by atoms with van der Waals surface area (Å²) in [5, 5.41) is 3.28. The van der Waals surface area contributed by atoms with Gasteiger partial charge in [0.25, 0.3) is 0 Å². The smallest absolute Gasteiger partial charge is 0.0229 e. The van der Waals surface area contributed by atoms with Crippen LogP contribution in [0, 0.1) is 0 Å². The second kappa shape index (κ2) is 2.21. The molecule has 0 aromatic carbocycles. The standard InChI is InChI=1S/C7H13N/c1-6-4-3-5-7(2)8-6/h7-8H,1,3-5H2,2H3. The molecular weight excluding hydrogens is 98.1 g/mol. The van der Waals surface area contributed by atoms with Gasteiger partial charge < -0.3 is 5.32 Å². The third kappa shape index (κ3) is 1.25. The van der Waals surface area contributed by atoms with E-state index in [4.69, 9.17) is 0 Å². The fourth-order valence-corrected chi connectivity index (χ4v) is 1.11. The van der Waals surface area contributed by atoms with Crippen molar-refractivity contribution < 1.29 is 0 Å². The predicted octanol–water partition coefficient (Wildman–Crippen LogP) is 1.66. The molecule has 1 fully saturated rings. The largest absolute Gasteiger partial charge is 0.386 e. The molecule has 1 nitrogen and oxygen atoms in total. The summed E-state index contributed by atoms with van der Waals surface area (Å²) in [6, 6.07) is 0.663. The number of nitrogens with one attached hydrogen (secondary N) is 1. The minimum atomic E-state index is 0.663. The van der Waals surface area contributed by atoms with Crippen LogP contribution in [-0.4, -0.2) is 6.04 Å². The highest BCUT2D eigenvalue weighted by Crippen LogP contribution is 2.12. The van der Waals surface area contributed by atoms with Gasteiger partial charge >= 0.3 is 0 Å². The van der Waals surface area contributed by atoms with Crippen molar-refractivity contribution in [3.05, 3.63) is 12.3 Å². The molecule has 0 aliphatic carbocycles. The van der Waals surface area contributed by atoms with E-state index >= 15 is 0 Å². The van der Waals surface area contributed by atoms with E-state index in [1.54, 1.807) is 0 Å². The van der Waals surface area contributed by atoms with Crippen molar-refractivity contribution in [2.24, 2.45) is 0 Å². The Kier molecular flexibility index (Phi) is 1.56. The molecule has 1 saturated heterocycles. The van der Waals surface area contributed by atoms with Gasteiger partial charge in [0.15, 0.2) is 0 Å². The second-order valence-electron chi connectivity index (χ2n) is 2.54. The van der Waals surface area contributed by atoms with E-state index in [0.29, 0.717) is 6.04 Å². The Labute approximate surface area is 50.8 Å². The predicted molar refractivity (Wildman–Crippen MR) is 35.6 cm³/mol. The van der Waals surface area contributed by atoms with Gasteiger partial charge in [-0.1, -0.05) is 6.58 Å². The first-order chi connectivity index (χ1) is 3.79. The maximum Gasteiger partial charge on any atom is 0.0229 e. The lowest BCUT2D eigenvalue weighted by atomic mass is 10.0. The van der Waals surface area contributed by atoms with Crippen molar-refractivity contribution in [1.82, 2.24) is 5.32 Å². The Bertz CT molecular complexity index is 96.6. The van der Waals surface area contributed by atoms with Crippen molar-refractivity contribution in [2.45, 2.75) is 32.2 Å². The van der Waals surface area contributed by atoms with Crippen molar-refractivity contribution in [3.63, 3.8) is 0 Å². The first-order valence-corrected chi connectivity index (χ1v) is 3.23. The van der Waals surface area contributed by atoms with Crippen LogP contribution in [0.15, 0.2) is 12.3 Å². The summed E-state index contributed by atoms with van der Waals surface area (Å²) in [4.78, 5) is 0.